The van der Waals surface area contributed by atoms with Crippen molar-refractivity contribution in [3.63, 3.8) is 0 Å². The summed E-state index contributed by atoms with van der Waals surface area (Å²) in [4.78, 5) is 23.9. The molecule has 0 radical (unpaired) electrons. The molecule has 1 amide bonds. The van der Waals surface area contributed by atoms with Crippen LogP contribution in [0.2, 0.25) is 0 Å². The maximum absolute atomic E-state index is 14.2. The summed E-state index contributed by atoms with van der Waals surface area (Å²) in [5, 5.41) is 10.3. The zero-order chi connectivity index (χ0) is 23.4. The van der Waals surface area contributed by atoms with Crippen LogP contribution in [0.1, 0.15) is 30.5 Å². The fourth-order valence-corrected chi connectivity index (χ4v) is 3.57. The lowest BCUT2D eigenvalue weighted by atomic mass is 9.88. The van der Waals surface area contributed by atoms with Gasteiger partial charge in [-0.3, -0.25) is 19.4 Å². The second-order valence-electron chi connectivity index (χ2n) is 7.35. The zero-order valence-corrected chi connectivity index (χ0v) is 16.5. The van der Waals surface area contributed by atoms with Crippen molar-refractivity contribution in [3.8, 4) is 5.75 Å². The maximum atomic E-state index is 14.2. The second-order valence-corrected chi connectivity index (χ2v) is 7.35. The molecule has 1 aliphatic heterocycles. The second kappa shape index (κ2) is 7.19. The van der Waals surface area contributed by atoms with Gasteiger partial charge in [0.25, 0.3) is 5.56 Å². The highest BCUT2D eigenvalue weighted by molar-refractivity contribution is 5.80. The first-order chi connectivity index (χ1) is 14.2. The Bertz CT molecular complexity index is 1140. The minimum absolute atomic E-state index is 0.0110. The van der Waals surface area contributed by atoms with Crippen molar-refractivity contribution in [3.05, 3.63) is 69.3 Å². The third-order valence-corrected chi connectivity index (χ3v) is 4.91. The Morgan fingerprint density at radius 3 is 2.32 bits per heavy atom. The molecule has 31 heavy (non-hydrogen) atoms. The number of hydroxylamine groups is 2. The molecule has 2 aromatic rings. The fourth-order valence-electron chi connectivity index (χ4n) is 3.57. The average molecular weight is 444 g/mol. The van der Waals surface area contributed by atoms with Crippen molar-refractivity contribution in [1.29, 1.82) is 0 Å². The fraction of sp³-hybridized carbons (Fsp3) is 0.300. The van der Waals surface area contributed by atoms with Gasteiger partial charge in [0.15, 0.2) is 0 Å². The smallest absolute Gasteiger partial charge is 0.458 e. The first-order valence-electron chi connectivity index (χ1n) is 8.88. The topological polar surface area (TPSA) is 71.8 Å². The lowest BCUT2D eigenvalue weighted by Gasteiger charge is -2.39. The van der Waals surface area contributed by atoms with Gasteiger partial charge in [-0.05, 0) is 44.5 Å². The number of nitrogens with zero attached hydrogens (tertiary/aromatic N) is 2. The van der Waals surface area contributed by atoms with Gasteiger partial charge in [0.2, 0.25) is 6.41 Å². The molecule has 1 N–H and O–H groups in total. The van der Waals surface area contributed by atoms with E-state index in [9.17, 15) is 36.7 Å². The van der Waals surface area contributed by atoms with E-state index in [0.717, 1.165) is 23.6 Å². The van der Waals surface area contributed by atoms with E-state index in [1.54, 1.807) is 0 Å². The Labute approximate surface area is 172 Å². The van der Waals surface area contributed by atoms with Gasteiger partial charge in [0.05, 0.1) is 5.70 Å². The Kier molecular flexibility index (Phi) is 5.21. The van der Waals surface area contributed by atoms with Crippen molar-refractivity contribution in [2.45, 2.75) is 38.5 Å². The number of carbonyl (C=O) groups is 1. The summed E-state index contributed by atoms with van der Waals surface area (Å²) in [6, 6.07) is 5.47. The molecule has 0 spiro atoms. The van der Waals surface area contributed by atoms with Crippen LogP contribution in [0, 0.1) is 6.92 Å². The molecule has 0 fully saturated rings. The number of hydrogen-bond donors (Lipinski definition) is 1. The molecule has 1 aromatic carbocycles. The number of amides is 1. The lowest BCUT2D eigenvalue weighted by molar-refractivity contribution is -0.289. The van der Waals surface area contributed by atoms with E-state index in [1.165, 1.54) is 32.2 Å². The number of aromatic nitrogens is 1. The predicted molar refractivity (Wildman–Crippen MR) is 98.5 cm³/mol. The summed E-state index contributed by atoms with van der Waals surface area (Å²) in [5.74, 6) is -5.30. The SMILES string of the molecule is Cc1c(C(F)(F)C(F)(F)F)ccc2c1C(n1ccccc1=O)=C(N(O)C=O)C(C)(C)O2. The van der Waals surface area contributed by atoms with Crippen molar-refractivity contribution < 1.29 is 36.7 Å². The summed E-state index contributed by atoms with van der Waals surface area (Å²) in [5.41, 5.74) is -4.89. The van der Waals surface area contributed by atoms with E-state index in [-0.39, 0.29) is 34.2 Å². The summed E-state index contributed by atoms with van der Waals surface area (Å²) < 4.78 is 74.2. The molecule has 166 valence electrons. The van der Waals surface area contributed by atoms with Gasteiger partial charge >= 0.3 is 12.1 Å². The number of benzene rings is 1. The molecular weight excluding hydrogens is 427 g/mol. The van der Waals surface area contributed by atoms with Gasteiger partial charge in [-0.25, -0.2) is 0 Å². The van der Waals surface area contributed by atoms with E-state index >= 15 is 0 Å². The van der Waals surface area contributed by atoms with Crippen molar-refractivity contribution in [2.75, 3.05) is 0 Å². The molecule has 0 saturated heterocycles. The molecule has 3 rings (SSSR count). The van der Waals surface area contributed by atoms with Crippen LogP contribution in [0.5, 0.6) is 5.75 Å². The predicted octanol–water partition coefficient (Wildman–Crippen LogP) is 4.05. The van der Waals surface area contributed by atoms with Crippen LogP contribution in [0.15, 0.2) is 47.0 Å². The molecule has 0 aliphatic carbocycles. The third-order valence-electron chi connectivity index (χ3n) is 4.91. The highest BCUT2D eigenvalue weighted by Crippen LogP contribution is 2.50. The monoisotopic (exact) mass is 444 g/mol. The largest absolute Gasteiger partial charge is 0.481 e. The van der Waals surface area contributed by atoms with Crippen LogP contribution in [0.4, 0.5) is 22.0 Å². The Morgan fingerprint density at radius 1 is 1.13 bits per heavy atom. The van der Waals surface area contributed by atoms with Gasteiger partial charge in [0, 0.05) is 23.4 Å². The summed E-state index contributed by atoms with van der Waals surface area (Å²) in [6.07, 6.45) is -4.65. The van der Waals surface area contributed by atoms with E-state index in [0.29, 0.717) is 6.07 Å². The minimum Gasteiger partial charge on any atom is -0.481 e. The molecule has 1 aliphatic rings. The number of rotatable bonds is 4. The van der Waals surface area contributed by atoms with Gasteiger partial charge in [0.1, 0.15) is 17.0 Å². The molecule has 0 bridgehead atoms. The number of fused-ring (bicyclic) bond motifs is 1. The minimum atomic E-state index is -5.87. The van der Waals surface area contributed by atoms with E-state index in [4.69, 9.17) is 4.74 Å². The number of alkyl halides is 5. The normalized spacial score (nSPS) is 15.9. The molecule has 0 saturated carbocycles. The number of halogens is 5. The van der Waals surface area contributed by atoms with Crippen LogP contribution < -0.4 is 10.3 Å². The first-order valence-corrected chi connectivity index (χ1v) is 8.88. The number of ether oxygens (including phenoxy) is 1. The lowest BCUT2D eigenvalue weighted by Crippen LogP contribution is -2.44. The van der Waals surface area contributed by atoms with Gasteiger partial charge in [-0.1, -0.05) is 6.07 Å². The maximum Gasteiger partial charge on any atom is 0.458 e. The molecule has 11 heteroatoms. The number of hydrogen-bond acceptors (Lipinski definition) is 4. The molecule has 0 atom stereocenters. The first kappa shape index (κ1) is 22.5. The third kappa shape index (κ3) is 3.48. The molecule has 2 heterocycles. The van der Waals surface area contributed by atoms with E-state index < -0.39 is 34.4 Å². The molecule has 0 unspecified atom stereocenters. The van der Waals surface area contributed by atoms with Crippen LogP contribution >= 0.6 is 0 Å². The highest BCUT2D eigenvalue weighted by atomic mass is 19.4. The van der Waals surface area contributed by atoms with Crippen LogP contribution in [-0.4, -0.2) is 33.0 Å². The van der Waals surface area contributed by atoms with E-state index in [2.05, 4.69) is 0 Å². The standard InChI is InChI=1S/C20H17F5N2O4/c1-11-12(19(21,22)20(23,24)25)7-8-13-15(11)16(26-9-5-4-6-14(26)29)17(27(30)10-28)18(2,3)31-13/h4-10,30H,1-3H3. The Balaban J connectivity index is 2.49. The van der Waals surface area contributed by atoms with Crippen LogP contribution in [0.3, 0.4) is 0 Å². The summed E-state index contributed by atoms with van der Waals surface area (Å²) in [6.45, 7) is 3.88. The number of pyridine rings is 1. The van der Waals surface area contributed by atoms with Gasteiger partial charge in [-0.2, -0.15) is 27.0 Å². The van der Waals surface area contributed by atoms with Crippen molar-refractivity contribution in [2.24, 2.45) is 0 Å². The Hall–Kier alpha value is -3.21. The quantitative estimate of drug-likeness (QED) is 0.334. The highest BCUT2D eigenvalue weighted by Gasteiger charge is 2.59. The van der Waals surface area contributed by atoms with Gasteiger partial charge in [-0.15, -0.1) is 0 Å². The van der Waals surface area contributed by atoms with Crippen LogP contribution in [0.25, 0.3) is 5.70 Å². The summed E-state index contributed by atoms with van der Waals surface area (Å²) >= 11 is 0. The summed E-state index contributed by atoms with van der Waals surface area (Å²) in [7, 11) is 0. The van der Waals surface area contributed by atoms with Crippen molar-refractivity contribution in [1.82, 2.24) is 9.63 Å². The van der Waals surface area contributed by atoms with E-state index in [1.807, 2.05) is 0 Å². The van der Waals surface area contributed by atoms with Crippen LogP contribution in [-0.2, 0) is 10.7 Å². The molecule has 1 aromatic heterocycles. The molecule has 6 nitrogen and oxygen atoms in total. The van der Waals surface area contributed by atoms with Crippen molar-refractivity contribution >= 4 is 12.1 Å². The zero-order valence-electron chi connectivity index (χ0n) is 16.5. The number of carbonyl (C=O) groups excluding carboxylic acids is 1. The van der Waals surface area contributed by atoms with Gasteiger partial charge < -0.3 is 4.74 Å². The molecular formula is C20H17F5N2O4. The average Bonchev–Trinajstić information content (AvgIpc) is 2.65. The Morgan fingerprint density at radius 2 is 1.77 bits per heavy atom.